The highest BCUT2D eigenvalue weighted by molar-refractivity contribution is 5.58. The second-order valence-electron chi connectivity index (χ2n) is 4.15. The number of nitrogens with two attached hydrogens (primary N) is 1. The summed E-state index contributed by atoms with van der Waals surface area (Å²) in [6.07, 6.45) is 0.549. The van der Waals surface area contributed by atoms with Gasteiger partial charge in [0.25, 0.3) is 5.69 Å². The molecule has 0 fully saturated rings. The van der Waals surface area contributed by atoms with Crippen LogP contribution in [0.25, 0.3) is 11.4 Å². The zero-order valence-corrected chi connectivity index (χ0v) is 10.9. The predicted octanol–water partition coefficient (Wildman–Crippen LogP) is 1.68. The first-order valence-corrected chi connectivity index (χ1v) is 5.94. The zero-order chi connectivity index (χ0) is 14.5. The molecule has 1 aromatic carbocycles. The highest BCUT2D eigenvalue weighted by Crippen LogP contribution is 2.23. The standard InChI is InChI=1S/C12H14N4O4/c1-19-6-5-10(13)12-14-11(15-20-12)8-3-2-4-9(7-8)16(17)18/h2-4,7,10H,5-6,13H2,1H3. The number of hydrogen-bond acceptors (Lipinski definition) is 7. The largest absolute Gasteiger partial charge is 0.385 e. The number of methoxy groups -OCH3 is 1. The van der Waals surface area contributed by atoms with Crippen molar-refractivity contribution in [3.05, 3.63) is 40.3 Å². The van der Waals surface area contributed by atoms with Gasteiger partial charge >= 0.3 is 0 Å². The van der Waals surface area contributed by atoms with Crippen LogP contribution in [0.4, 0.5) is 5.69 Å². The molecule has 0 spiro atoms. The Morgan fingerprint density at radius 1 is 1.55 bits per heavy atom. The van der Waals surface area contributed by atoms with Crippen LogP contribution < -0.4 is 5.73 Å². The van der Waals surface area contributed by atoms with E-state index in [0.29, 0.717) is 18.6 Å². The Morgan fingerprint density at radius 3 is 3.05 bits per heavy atom. The lowest BCUT2D eigenvalue weighted by molar-refractivity contribution is -0.384. The molecule has 20 heavy (non-hydrogen) atoms. The molecule has 0 radical (unpaired) electrons. The number of nitro benzene ring substituents is 1. The molecule has 1 unspecified atom stereocenters. The Bertz CT molecular complexity index is 599. The summed E-state index contributed by atoms with van der Waals surface area (Å²) in [5.74, 6) is 0.556. The lowest BCUT2D eigenvalue weighted by Crippen LogP contribution is -2.12. The number of nitro groups is 1. The van der Waals surface area contributed by atoms with Gasteiger partial charge in [0.1, 0.15) is 0 Å². The minimum atomic E-state index is -0.477. The predicted molar refractivity (Wildman–Crippen MR) is 69.8 cm³/mol. The molecule has 0 aliphatic heterocycles. The normalized spacial score (nSPS) is 12.3. The Kier molecular flexibility index (Phi) is 4.38. The monoisotopic (exact) mass is 278 g/mol. The molecule has 1 atom stereocenters. The van der Waals surface area contributed by atoms with E-state index in [2.05, 4.69) is 10.1 Å². The van der Waals surface area contributed by atoms with Gasteiger partial charge in [0.2, 0.25) is 11.7 Å². The van der Waals surface area contributed by atoms with E-state index < -0.39 is 11.0 Å². The first kappa shape index (κ1) is 14.1. The third-order valence-electron chi connectivity index (χ3n) is 2.71. The molecule has 2 N–H and O–H groups in total. The quantitative estimate of drug-likeness (QED) is 0.630. The number of aromatic nitrogens is 2. The highest BCUT2D eigenvalue weighted by Gasteiger charge is 2.16. The van der Waals surface area contributed by atoms with Crippen molar-refractivity contribution < 1.29 is 14.2 Å². The summed E-state index contributed by atoms with van der Waals surface area (Å²) in [4.78, 5) is 14.4. The SMILES string of the molecule is COCCC(N)c1nc(-c2cccc([N+](=O)[O-])c2)no1. The fraction of sp³-hybridized carbons (Fsp3) is 0.333. The van der Waals surface area contributed by atoms with Crippen molar-refractivity contribution in [3.8, 4) is 11.4 Å². The summed E-state index contributed by atoms with van der Waals surface area (Å²) in [5, 5.41) is 14.5. The van der Waals surface area contributed by atoms with E-state index >= 15 is 0 Å². The van der Waals surface area contributed by atoms with Crippen LogP contribution in [0.2, 0.25) is 0 Å². The first-order valence-electron chi connectivity index (χ1n) is 5.94. The van der Waals surface area contributed by atoms with Gasteiger partial charge in [0.05, 0.1) is 11.0 Å². The van der Waals surface area contributed by atoms with Gasteiger partial charge in [-0.2, -0.15) is 4.98 Å². The van der Waals surface area contributed by atoms with E-state index in [-0.39, 0.29) is 17.4 Å². The van der Waals surface area contributed by atoms with Crippen LogP contribution in [-0.4, -0.2) is 28.8 Å². The first-order chi connectivity index (χ1) is 9.61. The van der Waals surface area contributed by atoms with Crippen LogP contribution in [0.5, 0.6) is 0 Å². The molecular weight excluding hydrogens is 264 g/mol. The topological polar surface area (TPSA) is 117 Å². The van der Waals surface area contributed by atoms with Crippen molar-refractivity contribution >= 4 is 5.69 Å². The molecule has 0 bridgehead atoms. The molecule has 0 amide bonds. The molecule has 0 saturated heterocycles. The fourth-order valence-electron chi connectivity index (χ4n) is 1.63. The van der Waals surface area contributed by atoms with E-state index in [1.54, 1.807) is 19.2 Å². The number of rotatable bonds is 6. The number of hydrogen-bond donors (Lipinski definition) is 1. The van der Waals surface area contributed by atoms with Crippen molar-refractivity contribution in [3.63, 3.8) is 0 Å². The van der Waals surface area contributed by atoms with Gasteiger partial charge in [-0.05, 0) is 6.42 Å². The van der Waals surface area contributed by atoms with Gasteiger partial charge in [-0.15, -0.1) is 0 Å². The van der Waals surface area contributed by atoms with Gasteiger partial charge in [-0.1, -0.05) is 17.3 Å². The zero-order valence-electron chi connectivity index (χ0n) is 10.9. The smallest absolute Gasteiger partial charge is 0.270 e. The van der Waals surface area contributed by atoms with Gasteiger partial charge in [0.15, 0.2) is 0 Å². The molecule has 2 rings (SSSR count). The van der Waals surface area contributed by atoms with Crippen LogP contribution in [0, 0.1) is 10.1 Å². The number of ether oxygens (including phenoxy) is 1. The lowest BCUT2D eigenvalue weighted by atomic mass is 10.2. The van der Waals surface area contributed by atoms with Crippen LogP contribution in [0.1, 0.15) is 18.4 Å². The molecule has 2 aromatic rings. The Labute approximate surface area is 114 Å². The number of nitrogens with zero attached hydrogens (tertiary/aromatic N) is 3. The minimum Gasteiger partial charge on any atom is -0.385 e. The maximum atomic E-state index is 10.7. The second kappa shape index (κ2) is 6.22. The fourth-order valence-corrected chi connectivity index (χ4v) is 1.63. The average Bonchev–Trinajstić information content (AvgIpc) is 2.94. The summed E-state index contributed by atoms with van der Waals surface area (Å²) in [6.45, 7) is 0.482. The van der Waals surface area contributed by atoms with Gasteiger partial charge < -0.3 is 15.0 Å². The summed E-state index contributed by atoms with van der Waals surface area (Å²) in [6, 6.07) is 5.59. The van der Waals surface area contributed by atoms with Crippen LogP contribution in [0.3, 0.4) is 0 Å². The highest BCUT2D eigenvalue weighted by atomic mass is 16.6. The molecule has 8 nitrogen and oxygen atoms in total. The molecule has 0 aliphatic rings. The van der Waals surface area contributed by atoms with Crippen molar-refractivity contribution in [1.82, 2.24) is 10.1 Å². The number of non-ortho nitro benzene ring substituents is 1. The van der Waals surface area contributed by atoms with Gasteiger partial charge in [0, 0.05) is 31.4 Å². The average molecular weight is 278 g/mol. The van der Waals surface area contributed by atoms with Gasteiger partial charge in [-0.3, -0.25) is 10.1 Å². The molecular formula is C12H14N4O4. The molecule has 0 saturated carbocycles. The maximum Gasteiger partial charge on any atom is 0.270 e. The van der Waals surface area contributed by atoms with E-state index in [0.717, 1.165) is 0 Å². The lowest BCUT2D eigenvalue weighted by Gasteiger charge is -2.04. The maximum absolute atomic E-state index is 10.7. The third-order valence-corrected chi connectivity index (χ3v) is 2.71. The Hall–Kier alpha value is -2.32. The number of benzene rings is 1. The summed E-state index contributed by atoms with van der Waals surface area (Å²) >= 11 is 0. The van der Waals surface area contributed by atoms with E-state index in [9.17, 15) is 10.1 Å². The van der Waals surface area contributed by atoms with Crippen LogP contribution >= 0.6 is 0 Å². The summed E-state index contributed by atoms with van der Waals surface area (Å²) in [7, 11) is 1.58. The molecule has 1 aromatic heterocycles. The third kappa shape index (κ3) is 3.16. The van der Waals surface area contributed by atoms with Crippen molar-refractivity contribution in [2.45, 2.75) is 12.5 Å². The molecule has 106 valence electrons. The second-order valence-corrected chi connectivity index (χ2v) is 4.15. The Morgan fingerprint density at radius 2 is 2.35 bits per heavy atom. The molecule has 0 aliphatic carbocycles. The van der Waals surface area contributed by atoms with Gasteiger partial charge in [-0.25, -0.2) is 0 Å². The van der Waals surface area contributed by atoms with Crippen molar-refractivity contribution in [1.29, 1.82) is 0 Å². The van der Waals surface area contributed by atoms with E-state index in [1.165, 1.54) is 12.1 Å². The van der Waals surface area contributed by atoms with Crippen LogP contribution in [-0.2, 0) is 4.74 Å². The summed E-state index contributed by atoms with van der Waals surface area (Å²) < 4.78 is 9.99. The van der Waals surface area contributed by atoms with Crippen molar-refractivity contribution in [2.75, 3.05) is 13.7 Å². The van der Waals surface area contributed by atoms with E-state index in [1.807, 2.05) is 0 Å². The summed E-state index contributed by atoms with van der Waals surface area (Å²) in [5.41, 5.74) is 6.34. The van der Waals surface area contributed by atoms with E-state index in [4.69, 9.17) is 15.0 Å². The molecule has 8 heteroatoms. The minimum absolute atomic E-state index is 0.0301. The Balaban J connectivity index is 2.20. The van der Waals surface area contributed by atoms with Crippen molar-refractivity contribution in [2.24, 2.45) is 5.73 Å². The van der Waals surface area contributed by atoms with Crippen LogP contribution in [0.15, 0.2) is 28.8 Å². The molecule has 1 heterocycles.